The molecule has 0 amide bonds. The van der Waals surface area contributed by atoms with Crippen LogP contribution in [0.15, 0.2) is 0 Å². The maximum Gasteiger partial charge on any atom is 0.0211 e. The monoisotopic (exact) mass is 187 g/mol. The molecular weight excluding hydrogens is 166 g/mol. The molecule has 12 heavy (non-hydrogen) atoms. The van der Waals surface area contributed by atoms with Gasteiger partial charge in [0, 0.05) is 11.3 Å². The Hall–Kier alpha value is 0.310. The van der Waals surface area contributed by atoms with Gasteiger partial charge in [-0.05, 0) is 23.5 Å². The fourth-order valence-corrected chi connectivity index (χ4v) is 3.36. The van der Waals surface area contributed by atoms with Crippen molar-refractivity contribution in [2.45, 2.75) is 57.1 Å². The summed E-state index contributed by atoms with van der Waals surface area (Å²) in [4.78, 5) is 0. The van der Waals surface area contributed by atoms with Crippen LogP contribution < -0.4 is 5.73 Å². The predicted molar refractivity (Wildman–Crippen MR) is 57.5 cm³/mol. The van der Waals surface area contributed by atoms with Crippen molar-refractivity contribution < 1.29 is 0 Å². The van der Waals surface area contributed by atoms with Gasteiger partial charge in [-0.2, -0.15) is 11.8 Å². The molecule has 72 valence electrons. The molecule has 1 rings (SSSR count). The first-order valence-electron chi connectivity index (χ1n) is 4.84. The van der Waals surface area contributed by atoms with Gasteiger partial charge in [0.05, 0.1) is 0 Å². The lowest BCUT2D eigenvalue weighted by molar-refractivity contribution is 0.334. The Kier molecular flexibility index (Phi) is 3.11. The van der Waals surface area contributed by atoms with Crippen LogP contribution in [0.1, 0.15) is 40.5 Å². The van der Waals surface area contributed by atoms with Crippen molar-refractivity contribution in [2.75, 3.05) is 0 Å². The average Bonchev–Trinajstić information content (AvgIpc) is 2.15. The average molecular weight is 187 g/mol. The quantitative estimate of drug-likeness (QED) is 0.719. The first kappa shape index (κ1) is 10.4. The summed E-state index contributed by atoms with van der Waals surface area (Å²) in [6.45, 7) is 9.09. The minimum Gasteiger partial charge on any atom is -0.326 e. The third-order valence-corrected chi connectivity index (χ3v) is 4.25. The second-order valence-electron chi connectivity index (χ2n) is 4.78. The van der Waals surface area contributed by atoms with Gasteiger partial charge in [0.2, 0.25) is 0 Å². The lowest BCUT2D eigenvalue weighted by atomic mass is 9.88. The van der Waals surface area contributed by atoms with Gasteiger partial charge < -0.3 is 5.73 Å². The molecule has 0 heterocycles. The number of nitrogens with two attached hydrogens (primary N) is 1. The molecule has 0 aromatic carbocycles. The van der Waals surface area contributed by atoms with Gasteiger partial charge in [0.15, 0.2) is 0 Å². The smallest absolute Gasteiger partial charge is 0.0211 e. The molecule has 0 bridgehead atoms. The van der Waals surface area contributed by atoms with E-state index < -0.39 is 0 Å². The molecule has 0 saturated heterocycles. The fraction of sp³-hybridized carbons (Fsp3) is 1.00. The third kappa shape index (κ3) is 2.17. The molecule has 1 saturated carbocycles. The predicted octanol–water partition coefficient (Wildman–Crippen LogP) is 2.64. The Morgan fingerprint density at radius 3 is 2.33 bits per heavy atom. The molecule has 1 nitrogen and oxygen atoms in total. The van der Waals surface area contributed by atoms with Crippen molar-refractivity contribution >= 4 is 11.8 Å². The fourth-order valence-electron chi connectivity index (χ4n) is 1.87. The number of hydrogen-bond donors (Lipinski definition) is 1. The molecule has 0 aromatic heterocycles. The van der Waals surface area contributed by atoms with E-state index in [1.807, 2.05) is 11.8 Å². The summed E-state index contributed by atoms with van der Waals surface area (Å²) in [5, 5.41) is 1.41. The molecule has 2 N–H and O–H groups in total. The standard InChI is InChI=1S/C10H21NS/c1-7(2)12-8-5-6-10(3,4)9(8)11/h7-9H,5-6,11H2,1-4H3. The van der Waals surface area contributed by atoms with Crippen LogP contribution >= 0.6 is 11.8 Å². The Morgan fingerprint density at radius 2 is 2.00 bits per heavy atom. The van der Waals surface area contributed by atoms with Crippen molar-refractivity contribution in [3.63, 3.8) is 0 Å². The number of rotatable bonds is 2. The van der Waals surface area contributed by atoms with Gasteiger partial charge in [-0.1, -0.05) is 27.7 Å². The molecule has 2 atom stereocenters. The first-order valence-corrected chi connectivity index (χ1v) is 5.79. The minimum atomic E-state index is 0.368. The normalized spacial score (nSPS) is 34.5. The van der Waals surface area contributed by atoms with Crippen molar-refractivity contribution in [1.82, 2.24) is 0 Å². The molecule has 2 unspecified atom stereocenters. The summed E-state index contributed by atoms with van der Waals surface area (Å²) >= 11 is 2.05. The van der Waals surface area contributed by atoms with E-state index >= 15 is 0 Å². The van der Waals surface area contributed by atoms with E-state index in [4.69, 9.17) is 5.73 Å². The molecule has 0 radical (unpaired) electrons. The summed E-state index contributed by atoms with van der Waals surface area (Å²) in [6, 6.07) is 0.393. The zero-order valence-corrected chi connectivity index (χ0v) is 9.45. The van der Waals surface area contributed by atoms with Gasteiger partial charge in [0.25, 0.3) is 0 Å². The Bertz CT molecular complexity index is 154. The lowest BCUT2D eigenvalue weighted by Crippen LogP contribution is -2.38. The lowest BCUT2D eigenvalue weighted by Gasteiger charge is -2.27. The van der Waals surface area contributed by atoms with E-state index in [1.165, 1.54) is 12.8 Å². The highest BCUT2D eigenvalue weighted by Gasteiger charge is 2.39. The van der Waals surface area contributed by atoms with E-state index in [0.29, 0.717) is 16.7 Å². The van der Waals surface area contributed by atoms with Crippen LogP contribution in [-0.2, 0) is 0 Å². The Labute approximate surface area is 80.5 Å². The van der Waals surface area contributed by atoms with Gasteiger partial charge in [-0.25, -0.2) is 0 Å². The second-order valence-corrected chi connectivity index (χ2v) is 6.60. The van der Waals surface area contributed by atoms with Crippen molar-refractivity contribution in [2.24, 2.45) is 11.1 Å². The van der Waals surface area contributed by atoms with Gasteiger partial charge in [-0.15, -0.1) is 0 Å². The molecule has 1 aliphatic carbocycles. The van der Waals surface area contributed by atoms with Gasteiger partial charge in [-0.3, -0.25) is 0 Å². The topological polar surface area (TPSA) is 26.0 Å². The Morgan fingerprint density at radius 1 is 1.42 bits per heavy atom. The third-order valence-electron chi connectivity index (χ3n) is 2.82. The van der Waals surface area contributed by atoms with Gasteiger partial charge >= 0.3 is 0 Å². The van der Waals surface area contributed by atoms with Gasteiger partial charge in [0.1, 0.15) is 0 Å². The van der Waals surface area contributed by atoms with Crippen LogP contribution in [-0.4, -0.2) is 16.5 Å². The van der Waals surface area contributed by atoms with E-state index in [2.05, 4.69) is 27.7 Å². The number of hydrogen-bond acceptors (Lipinski definition) is 2. The van der Waals surface area contributed by atoms with Crippen LogP contribution in [0, 0.1) is 5.41 Å². The first-order chi connectivity index (χ1) is 5.43. The molecule has 0 aliphatic heterocycles. The van der Waals surface area contributed by atoms with Crippen LogP contribution in [0.25, 0.3) is 0 Å². The van der Waals surface area contributed by atoms with E-state index in [-0.39, 0.29) is 0 Å². The van der Waals surface area contributed by atoms with Crippen LogP contribution in [0.5, 0.6) is 0 Å². The maximum atomic E-state index is 6.18. The summed E-state index contributed by atoms with van der Waals surface area (Å²) in [7, 11) is 0. The van der Waals surface area contributed by atoms with Crippen molar-refractivity contribution in [3.8, 4) is 0 Å². The number of thioether (sulfide) groups is 1. The molecule has 1 aliphatic rings. The van der Waals surface area contributed by atoms with Crippen LogP contribution in [0.3, 0.4) is 0 Å². The van der Waals surface area contributed by atoms with Crippen LogP contribution in [0.2, 0.25) is 0 Å². The largest absolute Gasteiger partial charge is 0.326 e. The highest BCUT2D eigenvalue weighted by molar-refractivity contribution is 8.00. The zero-order valence-electron chi connectivity index (χ0n) is 8.63. The summed E-state index contributed by atoms with van der Waals surface area (Å²) in [6.07, 6.45) is 2.59. The molecule has 0 aromatic rings. The molecule has 1 fully saturated rings. The molecule has 0 spiro atoms. The molecule has 2 heteroatoms. The highest BCUT2D eigenvalue weighted by Crippen LogP contribution is 2.42. The van der Waals surface area contributed by atoms with E-state index in [9.17, 15) is 0 Å². The van der Waals surface area contributed by atoms with Crippen LogP contribution in [0.4, 0.5) is 0 Å². The summed E-state index contributed by atoms with van der Waals surface area (Å²) in [5.74, 6) is 0. The summed E-state index contributed by atoms with van der Waals surface area (Å²) < 4.78 is 0. The van der Waals surface area contributed by atoms with E-state index in [0.717, 1.165) is 5.25 Å². The highest BCUT2D eigenvalue weighted by atomic mass is 32.2. The SMILES string of the molecule is CC(C)SC1CCC(C)(C)C1N. The van der Waals surface area contributed by atoms with Crippen molar-refractivity contribution in [3.05, 3.63) is 0 Å². The van der Waals surface area contributed by atoms with Crippen molar-refractivity contribution in [1.29, 1.82) is 0 Å². The summed E-state index contributed by atoms with van der Waals surface area (Å²) in [5.41, 5.74) is 6.55. The zero-order chi connectivity index (χ0) is 9.35. The minimum absolute atomic E-state index is 0.368. The Balaban J connectivity index is 2.50. The second kappa shape index (κ2) is 3.59. The molecular formula is C10H21NS. The van der Waals surface area contributed by atoms with E-state index in [1.54, 1.807) is 0 Å². The maximum absolute atomic E-state index is 6.18.